The van der Waals surface area contributed by atoms with Gasteiger partial charge in [0.25, 0.3) is 0 Å². The number of anilines is 1. The largest absolute Gasteiger partial charge is 0.394 e. The Morgan fingerprint density at radius 1 is 1.38 bits per heavy atom. The van der Waals surface area contributed by atoms with Crippen molar-refractivity contribution in [3.05, 3.63) is 64.5 Å². The molecule has 0 bridgehead atoms. The van der Waals surface area contributed by atoms with Crippen molar-refractivity contribution < 1.29 is 24.2 Å². The summed E-state index contributed by atoms with van der Waals surface area (Å²) in [5, 5.41) is 28.0. The van der Waals surface area contributed by atoms with E-state index in [1.165, 1.54) is 18.2 Å². The minimum atomic E-state index is -1.33. The van der Waals surface area contributed by atoms with Crippen LogP contribution in [0.15, 0.2) is 48.0 Å². The molecule has 1 aromatic carbocycles. The number of fused-ring (bicyclic) bond motifs is 2. The fourth-order valence-corrected chi connectivity index (χ4v) is 5.55. The average Bonchev–Trinajstić information content (AvgIpc) is 3.27. The second-order valence-corrected chi connectivity index (χ2v) is 11.5. The molecule has 2 amide bonds. The number of allylic oxidation sites excluding steroid dienone is 4. The second kappa shape index (κ2) is 11.7. The molecule has 0 aliphatic carbocycles. The number of aliphatic hydroxyl groups excluding tert-OH is 2. The molecule has 202 valence electrons. The van der Waals surface area contributed by atoms with Gasteiger partial charge in [0, 0.05) is 29.2 Å². The van der Waals surface area contributed by atoms with E-state index in [1.54, 1.807) is 18.2 Å². The Bertz CT molecular complexity index is 1120. The standard InChI is InChI=1S/C27H34Cl2FN3O4/c1-5-6-15(28)7-8-17-23(24(36)31-10-9-16(35)14-34)33-22(13-26(2,3)4)27(17)18-11-20(30)19(29)12-21(18)32-25(27)37/h5-8,11-12,16-17,22-23,33-35H,1,9-10,13-14H2,2-4H3,(H,31,36)(H,32,37)/b8-7+,15-6+/t16-,17-,22+,23+,27-/m0/s1. The number of halogens is 3. The van der Waals surface area contributed by atoms with Gasteiger partial charge in [-0.2, -0.15) is 0 Å². The van der Waals surface area contributed by atoms with E-state index in [1.807, 2.05) is 20.8 Å². The number of carbonyl (C=O) groups excluding carboxylic acids is 2. The SMILES string of the molecule is C=C/C=C(Cl)\C=C\[C@H]1[C@H](C(=O)NCC[C@H](O)CO)N[C@H](CC(C)(C)C)[C@]12C(=O)Nc1cc(Cl)c(F)cc12. The van der Waals surface area contributed by atoms with Gasteiger partial charge in [-0.05, 0) is 48.1 Å². The maximum Gasteiger partial charge on any atom is 0.237 e. The lowest BCUT2D eigenvalue weighted by atomic mass is 9.64. The highest BCUT2D eigenvalue weighted by atomic mass is 35.5. The smallest absolute Gasteiger partial charge is 0.237 e. The zero-order valence-corrected chi connectivity index (χ0v) is 22.7. The van der Waals surface area contributed by atoms with E-state index in [-0.39, 0.29) is 29.3 Å². The molecule has 0 aromatic heterocycles. The van der Waals surface area contributed by atoms with Gasteiger partial charge in [0.05, 0.1) is 29.2 Å². The van der Waals surface area contributed by atoms with E-state index < -0.39 is 47.9 Å². The molecule has 2 heterocycles. The number of amides is 2. The molecule has 2 aliphatic heterocycles. The molecule has 2 aliphatic rings. The van der Waals surface area contributed by atoms with E-state index in [0.29, 0.717) is 22.7 Å². The third-order valence-electron chi connectivity index (χ3n) is 6.77. The van der Waals surface area contributed by atoms with Crippen molar-refractivity contribution in [2.45, 2.75) is 57.2 Å². The van der Waals surface area contributed by atoms with E-state index >= 15 is 0 Å². The van der Waals surface area contributed by atoms with Gasteiger partial charge in [-0.1, -0.05) is 62.7 Å². The molecule has 1 fully saturated rings. The molecule has 3 rings (SSSR count). The summed E-state index contributed by atoms with van der Waals surface area (Å²) in [5.74, 6) is -2.18. The molecule has 0 unspecified atom stereocenters. The van der Waals surface area contributed by atoms with Crippen LogP contribution in [0.3, 0.4) is 0 Å². The number of benzene rings is 1. The number of aliphatic hydroxyl groups is 2. The van der Waals surface area contributed by atoms with Crippen LogP contribution in [-0.2, 0) is 15.0 Å². The third kappa shape index (κ3) is 6.10. The van der Waals surface area contributed by atoms with Crippen molar-refractivity contribution in [1.29, 1.82) is 0 Å². The molecule has 5 atom stereocenters. The monoisotopic (exact) mass is 553 g/mol. The summed E-state index contributed by atoms with van der Waals surface area (Å²) >= 11 is 12.3. The number of carbonyl (C=O) groups is 2. The molecule has 10 heteroatoms. The second-order valence-electron chi connectivity index (χ2n) is 10.7. The van der Waals surface area contributed by atoms with Crippen LogP contribution in [0.5, 0.6) is 0 Å². The number of rotatable bonds is 9. The van der Waals surface area contributed by atoms with Crippen molar-refractivity contribution in [3.8, 4) is 0 Å². The molecule has 37 heavy (non-hydrogen) atoms. The number of hydrogen-bond acceptors (Lipinski definition) is 5. The predicted molar refractivity (Wildman–Crippen MR) is 144 cm³/mol. The van der Waals surface area contributed by atoms with E-state index in [0.717, 1.165) is 0 Å². The summed E-state index contributed by atoms with van der Waals surface area (Å²) in [7, 11) is 0. The highest BCUT2D eigenvalue weighted by Crippen LogP contribution is 2.53. The minimum absolute atomic E-state index is 0.116. The molecule has 7 nitrogen and oxygen atoms in total. The topological polar surface area (TPSA) is 111 Å². The Morgan fingerprint density at radius 3 is 2.70 bits per heavy atom. The van der Waals surface area contributed by atoms with Gasteiger partial charge in [0.15, 0.2) is 0 Å². The summed E-state index contributed by atoms with van der Waals surface area (Å²) in [6.45, 7) is 9.41. The molecule has 1 aromatic rings. The zero-order chi connectivity index (χ0) is 27.5. The maximum atomic E-state index is 14.8. The van der Waals surface area contributed by atoms with Crippen LogP contribution in [0.2, 0.25) is 5.02 Å². The van der Waals surface area contributed by atoms with E-state index in [4.69, 9.17) is 28.3 Å². The van der Waals surface area contributed by atoms with Crippen LogP contribution in [0.4, 0.5) is 10.1 Å². The summed E-state index contributed by atoms with van der Waals surface area (Å²) < 4.78 is 14.8. The third-order valence-corrected chi connectivity index (χ3v) is 7.31. The van der Waals surface area contributed by atoms with Crippen molar-refractivity contribution in [3.63, 3.8) is 0 Å². The van der Waals surface area contributed by atoms with Crippen molar-refractivity contribution >= 4 is 40.7 Å². The number of nitrogens with one attached hydrogen (secondary N) is 3. The first-order chi connectivity index (χ1) is 17.3. The Morgan fingerprint density at radius 2 is 2.08 bits per heavy atom. The van der Waals surface area contributed by atoms with Crippen molar-refractivity contribution in [2.24, 2.45) is 11.3 Å². The van der Waals surface area contributed by atoms with Gasteiger partial charge in [-0.25, -0.2) is 4.39 Å². The maximum absolute atomic E-state index is 14.8. The van der Waals surface area contributed by atoms with Crippen molar-refractivity contribution in [2.75, 3.05) is 18.5 Å². The summed E-state index contributed by atoms with van der Waals surface area (Å²) in [5.41, 5.74) is -0.757. The van der Waals surface area contributed by atoms with Gasteiger partial charge in [-0.15, -0.1) is 0 Å². The molecule has 1 spiro atoms. The van der Waals surface area contributed by atoms with Crippen LogP contribution in [-0.4, -0.2) is 53.4 Å². The fourth-order valence-electron chi connectivity index (χ4n) is 5.23. The van der Waals surface area contributed by atoms with Crippen LogP contribution in [0.25, 0.3) is 0 Å². The first kappa shape index (κ1) is 29.3. The highest BCUT2D eigenvalue weighted by molar-refractivity contribution is 6.31. The Balaban J connectivity index is 2.16. The molecule has 0 radical (unpaired) electrons. The van der Waals surface area contributed by atoms with Crippen LogP contribution >= 0.6 is 23.2 Å². The lowest BCUT2D eigenvalue weighted by molar-refractivity contribution is -0.124. The zero-order valence-electron chi connectivity index (χ0n) is 21.2. The van der Waals surface area contributed by atoms with E-state index in [2.05, 4.69) is 22.5 Å². The lowest BCUT2D eigenvalue weighted by Crippen LogP contribution is -2.50. The lowest BCUT2D eigenvalue weighted by Gasteiger charge is -2.36. The normalized spacial score (nSPS) is 26.4. The average molecular weight is 554 g/mol. The van der Waals surface area contributed by atoms with Gasteiger partial charge < -0.3 is 26.2 Å². The van der Waals surface area contributed by atoms with E-state index in [9.17, 15) is 19.1 Å². The molecular weight excluding hydrogens is 520 g/mol. The summed E-state index contributed by atoms with van der Waals surface area (Å²) in [6.07, 6.45) is 6.09. The Hall–Kier alpha value is -2.23. The molecule has 1 saturated heterocycles. The Kier molecular flexibility index (Phi) is 9.24. The predicted octanol–water partition coefficient (Wildman–Crippen LogP) is 3.79. The first-order valence-electron chi connectivity index (χ1n) is 12.1. The van der Waals surface area contributed by atoms with Crippen molar-refractivity contribution in [1.82, 2.24) is 10.6 Å². The van der Waals surface area contributed by atoms with Gasteiger partial charge in [0.1, 0.15) is 5.82 Å². The molecular formula is C27H34Cl2FN3O4. The van der Waals surface area contributed by atoms with Crippen LogP contribution in [0.1, 0.15) is 39.2 Å². The quantitative estimate of drug-likeness (QED) is 0.299. The minimum Gasteiger partial charge on any atom is -0.394 e. The summed E-state index contributed by atoms with van der Waals surface area (Å²) in [4.78, 5) is 27.3. The first-order valence-corrected chi connectivity index (χ1v) is 12.9. The fraction of sp³-hybridized carbons (Fsp3) is 0.481. The molecule has 0 saturated carbocycles. The van der Waals surface area contributed by atoms with Crippen LogP contribution in [0, 0.1) is 17.2 Å². The summed E-state index contributed by atoms with van der Waals surface area (Å²) in [6, 6.07) is 1.25. The Labute approximate surface area is 226 Å². The van der Waals surface area contributed by atoms with Crippen LogP contribution < -0.4 is 16.0 Å². The van der Waals surface area contributed by atoms with Gasteiger partial charge in [-0.3, -0.25) is 9.59 Å². The van der Waals surface area contributed by atoms with Gasteiger partial charge in [0.2, 0.25) is 11.8 Å². The van der Waals surface area contributed by atoms with Gasteiger partial charge >= 0.3 is 0 Å². The number of hydrogen-bond donors (Lipinski definition) is 5. The highest BCUT2D eigenvalue weighted by Gasteiger charge is 2.64. The molecule has 5 N–H and O–H groups in total.